The molecule has 14 heavy (non-hydrogen) atoms. The lowest BCUT2D eigenvalue weighted by Crippen LogP contribution is -2.57. The molecule has 0 aromatic rings. The van der Waals surface area contributed by atoms with E-state index >= 15 is 0 Å². The second-order valence-corrected chi connectivity index (χ2v) is 4.74. The van der Waals surface area contributed by atoms with Crippen LogP contribution in [0.4, 0.5) is 0 Å². The topological polar surface area (TPSA) is 38.5 Å². The van der Waals surface area contributed by atoms with Crippen molar-refractivity contribution in [1.29, 1.82) is 0 Å². The van der Waals surface area contributed by atoms with E-state index in [0.717, 1.165) is 13.1 Å². The molecular formula is C11H22N2O. The molecule has 1 aliphatic carbocycles. The molecule has 3 nitrogen and oxygen atoms in total. The molecule has 82 valence electrons. The molecule has 0 spiro atoms. The highest BCUT2D eigenvalue weighted by Crippen LogP contribution is 2.35. The average molecular weight is 198 g/mol. The minimum absolute atomic E-state index is 0.161. The van der Waals surface area contributed by atoms with Crippen LogP contribution in [0, 0.1) is 0 Å². The number of likely N-dealkylation sites (tertiary alicyclic amines) is 1. The first-order valence-corrected chi connectivity index (χ1v) is 5.79. The zero-order chi connectivity index (χ0) is 10.0. The summed E-state index contributed by atoms with van der Waals surface area (Å²) < 4.78 is 5.72. The molecule has 1 aliphatic heterocycles. The number of rotatable bonds is 4. The monoisotopic (exact) mass is 198 g/mol. The van der Waals surface area contributed by atoms with Crippen LogP contribution in [0.25, 0.3) is 0 Å². The van der Waals surface area contributed by atoms with Crippen LogP contribution < -0.4 is 5.73 Å². The van der Waals surface area contributed by atoms with Gasteiger partial charge < -0.3 is 10.5 Å². The van der Waals surface area contributed by atoms with E-state index in [1.807, 2.05) is 7.11 Å². The minimum Gasteiger partial charge on any atom is -0.377 e. The fraction of sp³-hybridized carbons (Fsp3) is 1.00. The number of hydrogen-bond donors (Lipinski definition) is 1. The molecule has 1 saturated carbocycles. The van der Waals surface area contributed by atoms with E-state index in [4.69, 9.17) is 10.5 Å². The Labute approximate surface area is 86.6 Å². The summed E-state index contributed by atoms with van der Waals surface area (Å²) in [5.74, 6) is 0. The average Bonchev–Trinajstić information content (AvgIpc) is 2.63. The number of nitrogens with zero attached hydrogens (tertiary/aromatic N) is 1. The van der Waals surface area contributed by atoms with Gasteiger partial charge in [0, 0.05) is 32.8 Å². The summed E-state index contributed by atoms with van der Waals surface area (Å²) in [5, 5.41) is 0. The molecule has 1 saturated heterocycles. The Morgan fingerprint density at radius 2 is 2.14 bits per heavy atom. The molecule has 1 atom stereocenters. The minimum atomic E-state index is 0.161. The Morgan fingerprint density at radius 3 is 2.57 bits per heavy atom. The van der Waals surface area contributed by atoms with Gasteiger partial charge in [-0.2, -0.15) is 0 Å². The second-order valence-electron chi connectivity index (χ2n) is 4.74. The van der Waals surface area contributed by atoms with Crippen molar-refractivity contribution in [3.05, 3.63) is 0 Å². The van der Waals surface area contributed by atoms with E-state index < -0.39 is 0 Å². The molecule has 0 aromatic heterocycles. The van der Waals surface area contributed by atoms with Gasteiger partial charge in [-0.15, -0.1) is 0 Å². The number of methoxy groups -OCH3 is 1. The summed E-state index contributed by atoms with van der Waals surface area (Å²) in [7, 11) is 1.86. The third-order valence-corrected chi connectivity index (χ3v) is 3.98. The summed E-state index contributed by atoms with van der Waals surface area (Å²) >= 11 is 0. The first-order valence-electron chi connectivity index (χ1n) is 5.79. The maximum Gasteiger partial charge on any atom is 0.0805 e. The molecule has 1 heterocycles. The van der Waals surface area contributed by atoms with Crippen molar-refractivity contribution in [3.8, 4) is 0 Å². The third kappa shape index (κ3) is 1.81. The van der Waals surface area contributed by atoms with Gasteiger partial charge in [-0.1, -0.05) is 12.8 Å². The molecule has 1 unspecified atom stereocenters. The highest BCUT2D eigenvalue weighted by molar-refractivity contribution is 4.94. The van der Waals surface area contributed by atoms with Gasteiger partial charge in [0.15, 0.2) is 0 Å². The molecule has 3 heteroatoms. The van der Waals surface area contributed by atoms with Crippen LogP contribution >= 0.6 is 0 Å². The predicted octanol–water partition coefficient (Wildman–Crippen LogP) is 0.979. The standard InChI is InChI=1S/C11H22N2O/c1-14-11(5-2-3-6-11)9-13-7-4-10(13)8-12/h10H,2-9,12H2,1H3. The summed E-state index contributed by atoms with van der Waals surface area (Å²) in [6.07, 6.45) is 6.40. The van der Waals surface area contributed by atoms with Crippen LogP contribution in [0.2, 0.25) is 0 Å². The van der Waals surface area contributed by atoms with Gasteiger partial charge in [-0.25, -0.2) is 0 Å². The number of nitrogens with two attached hydrogens (primary N) is 1. The Balaban J connectivity index is 1.88. The smallest absolute Gasteiger partial charge is 0.0805 e. The first kappa shape index (κ1) is 10.4. The molecule has 2 aliphatic rings. The Kier molecular flexibility index (Phi) is 3.10. The maximum atomic E-state index is 5.72. The van der Waals surface area contributed by atoms with Crippen LogP contribution in [0.5, 0.6) is 0 Å². The second kappa shape index (κ2) is 4.17. The number of ether oxygens (including phenoxy) is 1. The van der Waals surface area contributed by atoms with Crippen LogP contribution in [-0.4, -0.2) is 43.3 Å². The molecular weight excluding hydrogens is 176 g/mol. The van der Waals surface area contributed by atoms with Gasteiger partial charge in [0.1, 0.15) is 0 Å². The predicted molar refractivity (Wildman–Crippen MR) is 57.2 cm³/mol. The molecule has 0 radical (unpaired) electrons. The SMILES string of the molecule is COC1(CN2CCC2CN)CCCC1. The Hall–Kier alpha value is -0.120. The van der Waals surface area contributed by atoms with Crippen LogP contribution in [0.1, 0.15) is 32.1 Å². The normalized spacial score (nSPS) is 31.7. The molecule has 2 rings (SSSR count). The van der Waals surface area contributed by atoms with Crippen molar-refractivity contribution >= 4 is 0 Å². The van der Waals surface area contributed by atoms with Crippen LogP contribution in [0.3, 0.4) is 0 Å². The van der Waals surface area contributed by atoms with E-state index in [9.17, 15) is 0 Å². The van der Waals surface area contributed by atoms with Gasteiger partial charge in [-0.05, 0) is 19.3 Å². The van der Waals surface area contributed by atoms with Gasteiger partial charge in [0.2, 0.25) is 0 Å². The van der Waals surface area contributed by atoms with E-state index in [1.54, 1.807) is 0 Å². The number of hydrogen-bond acceptors (Lipinski definition) is 3. The molecule has 0 aromatic carbocycles. The van der Waals surface area contributed by atoms with Crippen molar-refractivity contribution in [2.75, 3.05) is 26.7 Å². The first-order chi connectivity index (χ1) is 6.79. The largest absolute Gasteiger partial charge is 0.377 e. The van der Waals surface area contributed by atoms with Gasteiger partial charge in [-0.3, -0.25) is 4.90 Å². The van der Waals surface area contributed by atoms with Gasteiger partial charge >= 0.3 is 0 Å². The lowest BCUT2D eigenvalue weighted by molar-refractivity contribution is -0.0593. The quantitative estimate of drug-likeness (QED) is 0.732. The summed E-state index contributed by atoms with van der Waals surface area (Å²) in [5.41, 5.74) is 5.86. The fourth-order valence-electron chi connectivity index (χ4n) is 2.79. The van der Waals surface area contributed by atoms with Gasteiger partial charge in [0.25, 0.3) is 0 Å². The van der Waals surface area contributed by atoms with E-state index in [2.05, 4.69) is 4.90 Å². The fourth-order valence-corrected chi connectivity index (χ4v) is 2.79. The van der Waals surface area contributed by atoms with Crippen molar-refractivity contribution in [3.63, 3.8) is 0 Å². The Morgan fingerprint density at radius 1 is 1.43 bits per heavy atom. The maximum absolute atomic E-state index is 5.72. The van der Waals surface area contributed by atoms with E-state index in [0.29, 0.717) is 6.04 Å². The zero-order valence-electron chi connectivity index (χ0n) is 9.17. The lowest BCUT2D eigenvalue weighted by atomic mass is 9.95. The summed E-state index contributed by atoms with van der Waals surface area (Å²) in [6, 6.07) is 0.627. The highest BCUT2D eigenvalue weighted by Gasteiger charge is 2.39. The van der Waals surface area contributed by atoms with Crippen molar-refractivity contribution in [1.82, 2.24) is 4.90 Å². The van der Waals surface area contributed by atoms with Crippen molar-refractivity contribution in [2.24, 2.45) is 5.73 Å². The molecule has 0 amide bonds. The van der Waals surface area contributed by atoms with Crippen LogP contribution in [0.15, 0.2) is 0 Å². The molecule has 2 N–H and O–H groups in total. The Bertz CT molecular complexity index is 188. The van der Waals surface area contributed by atoms with E-state index in [1.165, 1.54) is 38.6 Å². The van der Waals surface area contributed by atoms with Crippen molar-refractivity contribution < 1.29 is 4.74 Å². The van der Waals surface area contributed by atoms with Crippen LogP contribution in [-0.2, 0) is 4.74 Å². The van der Waals surface area contributed by atoms with Gasteiger partial charge in [0.05, 0.1) is 5.60 Å². The molecule has 0 bridgehead atoms. The lowest BCUT2D eigenvalue weighted by Gasteiger charge is -2.45. The zero-order valence-corrected chi connectivity index (χ0v) is 9.17. The third-order valence-electron chi connectivity index (χ3n) is 3.98. The van der Waals surface area contributed by atoms with Crippen molar-refractivity contribution in [2.45, 2.75) is 43.7 Å². The summed E-state index contributed by atoms with van der Waals surface area (Å²) in [4.78, 5) is 2.49. The highest BCUT2D eigenvalue weighted by atomic mass is 16.5. The summed E-state index contributed by atoms with van der Waals surface area (Å²) in [6.45, 7) is 3.12. The van der Waals surface area contributed by atoms with E-state index in [-0.39, 0.29) is 5.60 Å². The molecule has 2 fully saturated rings.